The number of phosphoric acid groups is 3. The van der Waals surface area contributed by atoms with Crippen LogP contribution in [0.3, 0.4) is 0 Å². The van der Waals surface area contributed by atoms with Gasteiger partial charge in [0.25, 0.3) is 0 Å². The predicted octanol–water partition coefficient (Wildman–Crippen LogP) is 5.42. The lowest BCUT2D eigenvalue weighted by molar-refractivity contribution is -0.151. The highest BCUT2D eigenvalue weighted by molar-refractivity contribution is 8.14. The fourth-order valence-corrected chi connectivity index (χ4v) is 20.4. The number of imidazole rings is 3. The van der Waals surface area contributed by atoms with E-state index in [4.69, 9.17) is 118 Å². The van der Waals surface area contributed by atoms with Gasteiger partial charge in [0.05, 0.1) is 94.7 Å². The summed E-state index contributed by atoms with van der Waals surface area (Å²) in [4.78, 5) is 112. The first-order valence-corrected chi connectivity index (χ1v) is 48.6. The minimum atomic E-state index is -4.12. The monoisotopic (exact) mass is 1940 g/mol. The van der Waals surface area contributed by atoms with Gasteiger partial charge in [0.2, 0.25) is 35.5 Å². The molecule has 0 spiro atoms. The molecule has 1 unspecified atom stereocenters. The van der Waals surface area contributed by atoms with Crippen molar-refractivity contribution in [1.29, 1.82) is 0 Å². The van der Waals surface area contributed by atoms with Gasteiger partial charge in [-0.1, -0.05) is 76.8 Å². The molecule has 18 atom stereocenters. The number of esters is 3. The molecule has 0 amide bonds. The van der Waals surface area contributed by atoms with E-state index in [-0.39, 0.29) is 162 Å². The van der Waals surface area contributed by atoms with Gasteiger partial charge in [-0.05, 0) is 101 Å². The van der Waals surface area contributed by atoms with Gasteiger partial charge >= 0.3 is 41.4 Å². The second-order valence-corrected chi connectivity index (χ2v) is 42.3. The van der Waals surface area contributed by atoms with Crippen LogP contribution >= 0.6 is 58.8 Å². The fraction of sp³-hybridized carbons (Fsp3) is 0.720. The highest BCUT2D eigenvalue weighted by Gasteiger charge is 2.64. The molecule has 0 radical (unpaired) electrons. The highest BCUT2D eigenvalue weighted by Crippen LogP contribution is 2.62. The molecule has 6 fully saturated rings. The Labute approximate surface area is 755 Å². The van der Waals surface area contributed by atoms with Crippen molar-refractivity contribution in [3.63, 3.8) is 0 Å². The van der Waals surface area contributed by atoms with Crippen molar-refractivity contribution in [2.24, 2.45) is 51.2 Å². The molecule has 6 aromatic rings. The van der Waals surface area contributed by atoms with Crippen LogP contribution in [0, 0.1) is 34.0 Å². The van der Waals surface area contributed by atoms with E-state index in [1.54, 1.807) is 104 Å². The lowest BCUT2D eigenvalue weighted by atomic mass is 9.96. The number of thioether (sulfide) groups is 3. The first kappa shape index (κ1) is 104. The molecule has 48 nitrogen and oxygen atoms in total. The van der Waals surface area contributed by atoms with Crippen LogP contribution in [0.4, 0.5) is 17.8 Å². The lowest BCUT2D eigenvalue weighted by Gasteiger charge is -2.35. The van der Waals surface area contributed by atoms with Crippen LogP contribution in [0.2, 0.25) is 0 Å². The molecule has 0 aromatic carbocycles. The molecular formula is C75H117N18O30P3S3. The number of phosphoric ester groups is 3. The zero-order valence-corrected chi connectivity index (χ0v) is 79.9. The first-order chi connectivity index (χ1) is 60.3. The molecule has 12 heterocycles. The summed E-state index contributed by atoms with van der Waals surface area (Å²) >= 11 is 2.78. The van der Waals surface area contributed by atoms with Crippen molar-refractivity contribution in [2.45, 2.75) is 215 Å². The van der Waals surface area contributed by atoms with Crippen LogP contribution < -0.4 is 48.6 Å². The van der Waals surface area contributed by atoms with E-state index in [1.807, 2.05) is 0 Å². The lowest BCUT2D eigenvalue weighted by Crippen LogP contribution is -2.47. The average Bonchev–Trinajstić information content (AvgIpc) is 1.59. The summed E-state index contributed by atoms with van der Waals surface area (Å²) < 4.78 is 144. The number of ether oxygens (including phenoxy) is 9. The highest BCUT2D eigenvalue weighted by atomic mass is 32.2. The smallest absolute Gasteiger partial charge is 0.475 e. The SMILES string of the molecule is CCOc1nc(N)nc2c1ncn2[C@@H]1O[C@@H]2COP(=O)(OCCSC(=O)C(C)(C)COC(=O)[C@@H](N)C(C)C)O[C@H]2[C@@]1(C)O.CCOc1nc(N)nc2c1ncn2[C@@H]1O[C@@H]2CO[P@@](=O)(OCCSC(=O)C(C)(C)COC(=O)[C@@H](N)C(C)C)O[C@H]2[C@@]1(C)O.CCOc1nc(N)nc2c1ncn2[C@@H]1O[C@@H]2CO[P@](=O)(OCCSC(=O)C(C)(C)COC(=O)[C@@H](N)C(C)C)O[C@H]2[C@@]1(C)O. The van der Waals surface area contributed by atoms with Gasteiger partial charge in [-0.2, -0.15) is 29.9 Å². The third-order valence-electron chi connectivity index (χ3n) is 20.9. The predicted molar refractivity (Wildman–Crippen MR) is 465 cm³/mol. The van der Waals surface area contributed by atoms with Crippen LogP contribution in [0.25, 0.3) is 33.5 Å². The molecular weight excluding hydrogens is 1820 g/mol. The van der Waals surface area contributed by atoms with E-state index in [1.165, 1.54) is 53.5 Å². The van der Waals surface area contributed by atoms with Crippen LogP contribution in [-0.4, -0.2) is 275 Å². The number of nitrogens with zero attached hydrogens (tertiary/aromatic N) is 12. The van der Waals surface area contributed by atoms with Crippen LogP contribution in [-0.2, 0) is 112 Å². The molecule has 720 valence electrons. The zero-order valence-electron chi connectivity index (χ0n) is 74.8. The Kier molecular flexibility index (Phi) is 34.0. The van der Waals surface area contributed by atoms with Crippen molar-refractivity contribution in [3.05, 3.63) is 19.0 Å². The number of carbonyl (C=O) groups excluding carboxylic acids is 6. The summed E-state index contributed by atoms with van der Waals surface area (Å²) in [5.74, 6) is -1.26. The number of hydrogen-bond donors (Lipinski definition) is 9. The summed E-state index contributed by atoms with van der Waals surface area (Å²) in [6.45, 7) is 30.0. The van der Waals surface area contributed by atoms with E-state index < -0.39 is 148 Å². The molecule has 6 saturated heterocycles. The van der Waals surface area contributed by atoms with E-state index in [9.17, 15) is 57.8 Å². The number of rotatable bonds is 36. The minimum Gasteiger partial charge on any atom is -0.476 e. The van der Waals surface area contributed by atoms with Crippen molar-refractivity contribution in [1.82, 2.24) is 58.6 Å². The van der Waals surface area contributed by atoms with Crippen molar-refractivity contribution < 1.29 is 141 Å². The Balaban J connectivity index is 0.000000201. The molecule has 6 aliphatic rings. The standard InChI is InChI=1S/3C25H39N6O10PS/c3*1-7-36-19-16-18(29-23(27)30-19)31(12-28-16)21-25(6,34)17-14(40-21)10-39-42(35,41-17)38-8-9-43-22(33)24(4,5)11-37-20(32)15(26)13(2)3/h3*12-15,17,21,34H,7-11,26H2,1-6H3,(H2,27,29,30)/t14-,15+,17-,21-,25-,42?;14-,15+,17-,21-,25-,42+;14-,15+,17-,21-,25-,42-/m111/s1. The van der Waals surface area contributed by atoms with Crippen LogP contribution in [0.15, 0.2) is 19.0 Å². The van der Waals surface area contributed by atoms with Gasteiger partial charge in [0.1, 0.15) is 91.4 Å². The van der Waals surface area contributed by atoms with E-state index in [0.29, 0.717) is 36.4 Å². The van der Waals surface area contributed by atoms with Crippen molar-refractivity contribution >= 4 is 143 Å². The molecule has 6 aliphatic heterocycles. The molecule has 54 heteroatoms. The number of anilines is 3. The normalized spacial score (nSPS) is 28.2. The van der Waals surface area contributed by atoms with Gasteiger partial charge in [-0.3, -0.25) is 83.2 Å². The summed E-state index contributed by atoms with van der Waals surface area (Å²) in [6.07, 6.45) is -4.65. The molecule has 0 bridgehead atoms. The van der Waals surface area contributed by atoms with E-state index >= 15 is 0 Å². The van der Waals surface area contributed by atoms with Gasteiger partial charge in [-0.25, -0.2) is 28.6 Å². The second kappa shape index (κ2) is 42.2. The van der Waals surface area contributed by atoms with Gasteiger partial charge in [0.15, 0.2) is 67.5 Å². The number of aromatic nitrogens is 12. The second-order valence-electron chi connectivity index (χ2n) is 34.2. The van der Waals surface area contributed by atoms with Crippen LogP contribution in [0.5, 0.6) is 17.6 Å². The first-order valence-electron chi connectivity index (χ1n) is 41.3. The van der Waals surface area contributed by atoms with E-state index in [2.05, 4.69) is 44.9 Å². The van der Waals surface area contributed by atoms with Crippen molar-refractivity contribution in [2.75, 3.05) is 114 Å². The Hall–Kier alpha value is -7.11. The summed E-state index contributed by atoms with van der Waals surface area (Å²) in [5, 5.41) is 33.8. The largest absolute Gasteiger partial charge is 0.476 e. The Morgan fingerprint density at radius 3 is 0.915 bits per heavy atom. The molecule has 129 heavy (non-hydrogen) atoms. The number of nitrogens with two attached hydrogens (primary N) is 6. The summed E-state index contributed by atoms with van der Waals surface area (Å²) in [6, 6.07) is -2.33. The van der Waals surface area contributed by atoms with Crippen molar-refractivity contribution in [3.8, 4) is 17.6 Å². The average molecular weight is 1940 g/mol. The van der Waals surface area contributed by atoms with Gasteiger partial charge < -0.3 is 92.4 Å². The van der Waals surface area contributed by atoms with Crippen LogP contribution in [0.1, 0.15) is 143 Å². The summed E-state index contributed by atoms with van der Waals surface area (Å²) in [7, 11) is -12.4. The van der Waals surface area contributed by atoms with E-state index in [0.717, 1.165) is 35.3 Å². The topological polar surface area (TPSA) is 667 Å². The maximum absolute atomic E-state index is 13.3. The minimum absolute atomic E-state index is 0.0543. The van der Waals surface area contributed by atoms with Gasteiger partial charge in [0, 0.05) is 17.3 Å². The summed E-state index contributed by atoms with van der Waals surface area (Å²) in [5.41, 5.74) is 28.6. The molecule has 12 rings (SSSR count). The maximum atomic E-state index is 13.3. The zero-order chi connectivity index (χ0) is 95.2. The molecule has 0 saturated carbocycles. The fourth-order valence-electron chi connectivity index (χ4n) is 13.2. The number of aliphatic hydroxyl groups is 3. The molecule has 15 N–H and O–H groups in total. The number of fused-ring (bicyclic) bond motifs is 6. The third kappa shape index (κ3) is 24.2. The number of carbonyl (C=O) groups is 6. The number of nitrogen functional groups attached to an aromatic ring is 3. The maximum Gasteiger partial charge on any atom is 0.475 e. The Bertz CT molecular complexity index is 4650. The molecule has 0 aliphatic carbocycles. The Morgan fingerprint density at radius 1 is 0.450 bits per heavy atom. The number of hydrogen-bond acceptors (Lipinski definition) is 48. The Morgan fingerprint density at radius 2 is 0.690 bits per heavy atom. The quantitative estimate of drug-likeness (QED) is 0.0102. The third-order valence-corrected chi connectivity index (χ3v) is 28.8. The van der Waals surface area contributed by atoms with Gasteiger partial charge in [-0.15, -0.1) is 0 Å². The molecule has 6 aromatic heterocycles.